The maximum absolute atomic E-state index is 12.5. The van der Waals surface area contributed by atoms with Crippen LogP contribution in [0.1, 0.15) is 33.5 Å². The van der Waals surface area contributed by atoms with Gasteiger partial charge in [0.2, 0.25) is 0 Å². The van der Waals surface area contributed by atoms with Crippen LogP contribution in [-0.4, -0.2) is 42.9 Å². The van der Waals surface area contributed by atoms with Gasteiger partial charge < -0.3 is 10.1 Å². The molecule has 3 heterocycles. The van der Waals surface area contributed by atoms with Crippen molar-refractivity contribution in [2.45, 2.75) is 13.8 Å². The van der Waals surface area contributed by atoms with Crippen LogP contribution in [0, 0.1) is 6.92 Å². The van der Waals surface area contributed by atoms with E-state index in [1.54, 1.807) is 47.6 Å². The molecule has 30 heavy (non-hydrogen) atoms. The first-order chi connectivity index (χ1) is 14.5. The summed E-state index contributed by atoms with van der Waals surface area (Å²) in [5, 5.41) is 11.4. The lowest BCUT2D eigenvalue weighted by molar-refractivity contribution is 0.0528. The van der Waals surface area contributed by atoms with Gasteiger partial charge in [-0.15, -0.1) is 0 Å². The van der Waals surface area contributed by atoms with Gasteiger partial charge in [0.25, 0.3) is 5.91 Å². The number of nitrogens with zero attached hydrogens (tertiary/aromatic N) is 5. The van der Waals surface area contributed by atoms with Crippen molar-refractivity contribution in [1.29, 1.82) is 0 Å². The second-order valence-electron chi connectivity index (χ2n) is 6.67. The molecule has 4 aromatic rings. The van der Waals surface area contributed by atoms with Crippen LogP contribution in [0.15, 0.2) is 48.8 Å². The minimum absolute atomic E-state index is 0.271. The summed E-state index contributed by atoms with van der Waals surface area (Å²) in [7, 11) is 1.79. The maximum Gasteiger partial charge on any atom is 0.343 e. The molecular formula is C21H20N6O3. The number of hydrogen-bond donors (Lipinski definition) is 1. The van der Waals surface area contributed by atoms with E-state index in [0.717, 1.165) is 17.0 Å². The highest BCUT2D eigenvalue weighted by atomic mass is 16.5. The van der Waals surface area contributed by atoms with Crippen LogP contribution in [-0.2, 0) is 11.8 Å². The molecule has 1 N–H and O–H groups in total. The van der Waals surface area contributed by atoms with E-state index in [2.05, 4.69) is 20.5 Å². The van der Waals surface area contributed by atoms with E-state index in [0.29, 0.717) is 22.6 Å². The van der Waals surface area contributed by atoms with Crippen LogP contribution < -0.4 is 5.32 Å². The third-order valence-electron chi connectivity index (χ3n) is 4.66. The van der Waals surface area contributed by atoms with E-state index in [1.807, 2.05) is 25.1 Å². The van der Waals surface area contributed by atoms with E-state index in [1.165, 1.54) is 6.20 Å². The summed E-state index contributed by atoms with van der Waals surface area (Å²) in [5.41, 5.74) is 4.08. The van der Waals surface area contributed by atoms with Gasteiger partial charge in [0, 0.05) is 30.2 Å². The van der Waals surface area contributed by atoms with Gasteiger partial charge >= 0.3 is 5.97 Å². The number of fused-ring (bicyclic) bond motifs is 1. The summed E-state index contributed by atoms with van der Waals surface area (Å²) in [6.07, 6.45) is 3.05. The van der Waals surface area contributed by atoms with E-state index in [4.69, 9.17) is 4.74 Å². The highest BCUT2D eigenvalue weighted by molar-refractivity contribution is 6.03. The van der Waals surface area contributed by atoms with Crippen LogP contribution in [0.5, 0.6) is 0 Å². The van der Waals surface area contributed by atoms with Gasteiger partial charge in [0.1, 0.15) is 5.56 Å². The smallest absolute Gasteiger partial charge is 0.343 e. The van der Waals surface area contributed by atoms with Crippen molar-refractivity contribution in [3.8, 4) is 11.3 Å². The summed E-state index contributed by atoms with van der Waals surface area (Å²) in [5.74, 6) is -0.761. The number of aromatic nitrogens is 5. The molecule has 4 rings (SSSR count). The van der Waals surface area contributed by atoms with Crippen molar-refractivity contribution < 1.29 is 14.3 Å². The molecule has 0 aliphatic heterocycles. The van der Waals surface area contributed by atoms with Gasteiger partial charge in [-0.2, -0.15) is 10.2 Å². The molecule has 0 saturated heterocycles. The summed E-state index contributed by atoms with van der Waals surface area (Å²) in [6, 6.07) is 10.9. The van der Waals surface area contributed by atoms with Crippen molar-refractivity contribution in [2.75, 3.05) is 11.9 Å². The number of esters is 1. The fourth-order valence-corrected chi connectivity index (χ4v) is 3.09. The molecule has 0 aliphatic carbocycles. The largest absolute Gasteiger partial charge is 0.462 e. The second-order valence-corrected chi connectivity index (χ2v) is 6.67. The van der Waals surface area contributed by atoms with Gasteiger partial charge in [-0.1, -0.05) is 12.1 Å². The molecule has 0 bridgehead atoms. The third-order valence-corrected chi connectivity index (χ3v) is 4.66. The molecule has 0 saturated carbocycles. The Bertz CT molecular complexity index is 1240. The highest BCUT2D eigenvalue weighted by Crippen LogP contribution is 2.24. The predicted molar refractivity (Wildman–Crippen MR) is 110 cm³/mol. The number of nitrogens with one attached hydrogen (secondary N) is 1. The fourth-order valence-electron chi connectivity index (χ4n) is 3.09. The van der Waals surface area contributed by atoms with Gasteiger partial charge in [0.15, 0.2) is 11.3 Å². The van der Waals surface area contributed by atoms with Crippen LogP contribution in [0.3, 0.4) is 0 Å². The molecule has 0 radical (unpaired) electrons. The Hall–Kier alpha value is -4.01. The standard InChI is InChI=1S/C21H20N6O3/c1-4-30-21(29)16-12-23-27-18(8-9-22-19(16)27)14-6-5-7-15(11-14)24-20(28)17-10-13(2)26(3)25-17/h5-12H,4H2,1-3H3,(H,24,28). The molecule has 1 aromatic carbocycles. The first-order valence-electron chi connectivity index (χ1n) is 9.40. The molecule has 0 aliphatic rings. The topological polar surface area (TPSA) is 103 Å². The normalized spacial score (nSPS) is 10.9. The van der Waals surface area contributed by atoms with Gasteiger partial charge in [-0.3, -0.25) is 9.48 Å². The molecule has 0 unspecified atom stereocenters. The quantitative estimate of drug-likeness (QED) is 0.513. The Morgan fingerprint density at radius 1 is 1.20 bits per heavy atom. The summed E-state index contributed by atoms with van der Waals surface area (Å²) < 4.78 is 8.30. The van der Waals surface area contributed by atoms with Crippen LogP contribution in [0.2, 0.25) is 0 Å². The summed E-state index contributed by atoms with van der Waals surface area (Å²) in [4.78, 5) is 28.9. The van der Waals surface area contributed by atoms with Crippen LogP contribution >= 0.6 is 0 Å². The van der Waals surface area contributed by atoms with Crippen molar-refractivity contribution in [2.24, 2.45) is 7.05 Å². The van der Waals surface area contributed by atoms with Crippen molar-refractivity contribution >= 4 is 23.2 Å². The molecule has 3 aromatic heterocycles. The molecule has 152 valence electrons. The molecular weight excluding hydrogens is 384 g/mol. The average Bonchev–Trinajstić information content (AvgIpc) is 3.32. The minimum Gasteiger partial charge on any atom is -0.462 e. The lowest BCUT2D eigenvalue weighted by Crippen LogP contribution is -2.13. The van der Waals surface area contributed by atoms with Crippen LogP contribution in [0.25, 0.3) is 16.9 Å². The lowest BCUT2D eigenvalue weighted by atomic mass is 10.1. The maximum atomic E-state index is 12.5. The zero-order valence-electron chi connectivity index (χ0n) is 16.8. The number of rotatable bonds is 5. The van der Waals surface area contributed by atoms with Gasteiger partial charge in [-0.25, -0.2) is 14.3 Å². The van der Waals surface area contributed by atoms with Crippen molar-refractivity contribution in [1.82, 2.24) is 24.4 Å². The second kappa shape index (κ2) is 7.78. The molecule has 9 heteroatoms. The predicted octanol–water partition coefficient (Wildman–Crippen LogP) is 2.87. The number of amides is 1. The number of carbonyl (C=O) groups is 2. The van der Waals surface area contributed by atoms with E-state index >= 15 is 0 Å². The molecule has 0 atom stereocenters. The van der Waals surface area contributed by atoms with Crippen LogP contribution in [0.4, 0.5) is 5.69 Å². The van der Waals surface area contributed by atoms with E-state index in [-0.39, 0.29) is 12.5 Å². The SMILES string of the molecule is CCOC(=O)c1cnn2c(-c3cccc(NC(=O)c4cc(C)n(C)n4)c3)ccnc12. The number of anilines is 1. The molecule has 1 amide bonds. The summed E-state index contributed by atoms with van der Waals surface area (Å²) >= 11 is 0. The van der Waals surface area contributed by atoms with E-state index in [9.17, 15) is 9.59 Å². The zero-order chi connectivity index (χ0) is 21.3. The Morgan fingerprint density at radius 3 is 2.77 bits per heavy atom. The molecule has 0 spiro atoms. The zero-order valence-corrected chi connectivity index (χ0v) is 16.8. The Labute approximate surface area is 172 Å². The van der Waals surface area contributed by atoms with Gasteiger partial charge in [0.05, 0.1) is 18.5 Å². The van der Waals surface area contributed by atoms with Gasteiger partial charge in [-0.05, 0) is 38.1 Å². The van der Waals surface area contributed by atoms with Crippen molar-refractivity contribution in [3.63, 3.8) is 0 Å². The Morgan fingerprint density at radius 2 is 2.03 bits per heavy atom. The lowest BCUT2D eigenvalue weighted by Gasteiger charge is -2.08. The minimum atomic E-state index is -0.469. The number of aryl methyl sites for hydroxylation is 2. The third kappa shape index (κ3) is 3.52. The number of carbonyl (C=O) groups excluding carboxylic acids is 2. The van der Waals surface area contributed by atoms with E-state index < -0.39 is 5.97 Å². The molecule has 0 fully saturated rings. The monoisotopic (exact) mass is 404 g/mol. The Balaban J connectivity index is 1.66. The number of benzene rings is 1. The fraction of sp³-hybridized carbons (Fsp3) is 0.190. The average molecular weight is 404 g/mol. The Kier molecular flexibility index (Phi) is 5.01. The number of hydrogen-bond acceptors (Lipinski definition) is 6. The number of ether oxygens (including phenoxy) is 1. The highest BCUT2D eigenvalue weighted by Gasteiger charge is 2.17. The summed E-state index contributed by atoms with van der Waals surface area (Å²) in [6.45, 7) is 3.90. The first-order valence-corrected chi connectivity index (χ1v) is 9.40. The first kappa shape index (κ1) is 19.3. The molecule has 9 nitrogen and oxygen atoms in total. The van der Waals surface area contributed by atoms with Crippen molar-refractivity contribution in [3.05, 3.63) is 65.7 Å².